The number of anilines is 2. The topological polar surface area (TPSA) is 83.8 Å². The van der Waals surface area contributed by atoms with Gasteiger partial charge in [-0.3, -0.25) is 14.5 Å². The van der Waals surface area contributed by atoms with Crippen LogP contribution >= 0.6 is 11.6 Å². The lowest BCUT2D eigenvalue weighted by Crippen LogP contribution is -2.35. The molecular formula is C23H22ClN3O4. The number of ether oxygens (including phenoxy) is 1. The van der Waals surface area contributed by atoms with Crippen LogP contribution in [0.3, 0.4) is 0 Å². The van der Waals surface area contributed by atoms with Gasteiger partial charge in [-0.2, -0.15) is 0 Å². The first-order chi connectivity index (χ1) is 15.1. The van der Waals surface area contributed by atoms with Gasteiger partial charge < -0.3 is 19.8 Å². The van der Waals surface area contributed by atoms with Crippen molar-refractivity contribution in [2.75, 3.05) is 36.9 Å². The largest absolute Gasteiger partial charge is 0.459 e. The number of benzene rings is 2. The Morgan fingerprint density at radius 1 is 0.935 bits per heavy atom. The molecule has 4 rings (SSSR count). The van der Waals surface area contributed by atoms with E-state index in [1.54, 1.807) is 36.4 Å². The summed E-state index contributed by atoms with van der Waals surface area (Å²) in [4.78, 5) is 27.5. The molecular weight excluding hydrogens is 418 g/mol. The van der Waals surface area contributed by atoms with E-state index in [0.29, 0.717) is 22.0 Å². The molecule has 3 aromatic rings. The number of nitrogens with one attached hydrogen (secondary N) is 2. The van der Waals surface area contributed by atoms with E-state index in [1.807, 2.05) is 18.2 Å². The van der Waals surface area contributed by atoms with Crippen molar-refractivity contribution < 1.29 is 18.7 Å². The molecule has 1 aliphatic heterocycles. The average Bonchev–Trinajstić information content (AvgIpc) is 3.32. The molecule has 160 valence electrons. The van der Waals surface area contributed by atoms with Crippen molar-refractivity contribution >= 4 is 34.8 Å². The molecule has 0 radical (unpaired) electrons. The molecule has 2 heterocycles. The van der Waals surface area contributed by atoms with Crippen molar-refractivity contribution in [1.82, 2.24) is 4.90 Å². The lowest BCUT2D eigenvalue weighted by atomic mass is 10.1. The maximum atomic E-state index is 12.9. The summed E-state index contributed by atoms with van der Waals surface area (Å²) in [5, 5.41) is 6.02. The third-order valence-electron chi connectivity index (χ3n) is 4.92. The molecule has 1 aromatic heterocycles. The monoisotopic (exact) mass is 439 g/mol. The van der Waals surface area contributed by atoms with E-state index in [9.17, 15) is 9.59 Å². The summed E-state index contributed by atoms with van der Waals surface area (Å²) >= 11 is 6.09. The van der Waals surface area contributed by atoms with Crippen LogP contribution in [0, 0.1) is 0 Å². The van der Waals surface area contributed by atoms with Crippen LogP contribution in [0.2, 0.25) is 5.02 Å². The van der Waals surface area contributed by atoms with E-state index in [0.717, 1.165) is 38.4 Å². The standard InChI is InChI=1S/C23H22ClN3O4/c24-18-6-7-19(20(14-18)26-23(29)21-5-2-10-31-21)25-22(28)17-4-1-3-16(13-17)15-27-8-11-30-12-9-27/h1-7,10,13-14H,8-9,11-12,15H2,(H,25,28)(H,26,29). The summed E-state index contributed by atoms with van der Waals surface area (Å²) in [7, 11) is 0. The molecule has 0 bridgehead atoms. The molecule has 2 amide bonds. The van der Waals surface area contributed by atoms with Gasteiger partial charge in [0.2, 0.25) is 0 Å². The Morgan fingerprint density at radius 3 is 2.52 bits per heavy atom. The van der Waals surface area contributed by atoms with Gasteiger partial charge in [-0.1, -0.05) is 23.7 Å². The molecule has 2 aromatic carbocycles. The molecule has 0 unspecified atom stereocenters. The van der Waals surface area contributed by atoms with E-state index < -0.39 is 5.91 Å². The van der Waals surface area contributed by atoms with Crippen LogP contribution in [0.25, 0.3) is 0 Å². The maximum Gasteiger partial charge on any atom is 0.291 e. The fraction of sp³-hybridized carbons (Fsp3) is 0.217. The molecule has 2 N–H and O–H groups in total. The minimum Gasteiger partial charge on any atom is -0.459 e. The summed E-state index contributed by atoms with van der Waals surface area (Å²) < 4.78 is 10.5. The predicted molar refractivity (Wildman–Crippen MR) is 119 cm³/mol. The van der Waals surface area contributed by atoms with Crippen molar-refractivity contribution in [3.8, 4) is 0 Å². The summed E-state index contributed by atoms with van der Waals surface area (Å²) in [6, 6.07) is 15.6. The highest BCUT2D eigenvalue weighted by Crippen LogP contribution is 2.27. The van der Waals surface area contributed by atoms with E-state index >= 15 is 0 Å². The number of morpholine rings is 1. The second-order valence-corrected chi connectivity index (χ2v) is 7.60. The quantitative estimate of drug-likeness (QED) is 0.599. The van der Waals surface area contributed by atoms with Crippen LogP contribution in [0.15, 0.2) is 65.3 Å². The normalized spacial score (nSPS) is 14.2. The van der Waals surface area contributed by atoms with Gasteiger partial charge >= 0.3 is 0 Å². The predicted octanol–water partition coefficient (Wildman–Crippen LogP) is 4.27. The van der Waals surface area contributed by atoms with Crippen LogP contribution in [0.5, 0.6) is 0 Å². The first-order valence-electron chi connectivity index (χ1n) is 9.93. The lowest BCUT2D eigenvalue weighted by molar-refractivity contribution is 0.0342. The van der Waals surface area contributed by atoms with Crippen molar-refractivity contribution in [3.63, 3.8) is 0 Å². The van der Waals surface area contributed by atoms with E-state index in [1.165, 1.54) is 6.26 Å². The third-order valence-corrected chi connectivity index (χ3v) is 5.16. The summed E-state index contributed by atoms with van der Waals surface area (Å²) in [5.41, 5.74) is 2.40. The maximum absolute atomic E-state index is 12.9. The number of furan rings is 1. The lowest BCUT2D eigenvalue weighted by Gasteiger charge is -2.26. The first kappa shape index (κ1) is 21.1. The zero-order valence-corrected chi connectivity index (χ0v) is 17.5. The Bertz CT molecular complexity index is 1060. The number of hydrogen-bond donors (Lipinski definition) is 2. The molecule has 31 heavy (non-hydrogen) atoms. The van der Waals surface area contributed by atoms with Crippen LogP contribution in [0.4, 0.5) is 11.4 Å². The smallest absolute Gasteiger partial charge is 0.291 e. The Hall–Kier alpha value is -3.13. The highest BCUT2D eigenvalue weighted by atomic mass is 35.5. The fourth-order valence-corrected chi connectivity index (χ4v) is 3.52. The van der Waals surface area contributed by atoms with Gasteiger partial charge in [0, 0.05) is 30.2 Å². The molecule has 8 heteroatoms. The summed E-state index contributed by atoms with van der Waals surface area (Å²) in [6.07, 6.45) is 1.42. The number of halogens is 1. The van der Waals surface area contributed by atoms with Crippen molar-refractivity contribution in [3.05, 3.63) is 82.8 Å². The summed E-state index contributed by atoms with van der Waals surface area (Å²) in [6.45, 7) is 3.96. The molecule has 0 saturated carbocycles. The van der Waals surface area contributed by atoms with Crippen molar-refractivity contribution in [1.29, 1.82) is 0 Å². The van der Waals surface area contributed by atoms with Gasteiger partial charge in [-0.25, -0.2) is 0 Å². The van der Waals surface area contributed by atoms with Gasteiger partial charge in [0.15, 0.2) is 5.76 Å². The van der Waals surface area contributed by atoms with Gasteiger partial charge in [0.1, 0.15) is 0 Å². The van der Waals surface area contributed by atoms with Crippen LogP contribution in [0.1, 0.15) is 26.5 Å². The number of amides is 2. The second-order valence-electron chi connectivity index (χ2n) is 7.16. The number of hydrogen-bond acceptors (Lipinski definition) is 5. The Balaban J connectivity index is 1.48. The average molecular weight is 440 g/mol. The molecule has 7 nitrogen and oxygen atoms in total. The van der Waals surface area contributed by atoms with E-state index in [2.05, 4.69) is 15.5 Å². The van der Waals surface area contributed by atoms with Crippen molar-refractivity contribution in [2.45, 2.75) is 6.54 Å². The fourth-order valence-electron chi connectivity index (χ4n) is 3.34. The van der Waals surface area contributed by atoms with E-state index in [4.69, 9.17) is 20.8 Å². The number of nitrogens with zero attached hydrogens (tertiary/aromatic N) is 1. The van der Waals surface area contributed by atoms with Crippen LogP contribution in [-0.4, -0.2) is 43.0 Å². The van der Waals surface area contributed by atoms with Crippen LogP contribution < -0.4 is 10.6 Å². The molecule has 0 aliphatic carbocycles. The van der Waals surface area contributed by atoms with Crippen molar-refractivity contribution in [2.24, 2.45) is 0 Å². The Morgan fingerprint density at radius 2 is 1.74 bits per heavy atom. The molecule has 1 fully saturated rings. The number of rotatable bonds is 6. The van der Waals surface area contributed by atoms with Gasteiger partial charge in [0.05, 0.1) is 30.9 Å². The highest BCUT2D eigenvalue weighted by Gasteiger charge is 2.16. The Labute approximate surface area is 184 Å². The van der Waals surface area contributed by atoms with Crippen LogP contribution in [-0.2, 0) is 11.3 Å². The highest BCUT2D eigenvalue weighted by molar-refractivity contribution is 6.31. The Kier molecular flexibility index (Phi) is 6.66. The molecule has 1 saturated heterocycles. The number of carbonyl (C=O) groups is 2. The first-order valence-corrected chi connectivity index (χ1v) is 10.3. The molecule has 1 aliphatic rings. The van der Waals surface area contributed by atoms with Gasteiger partial charge in [-0.05, 0) is 48.0 Å². The van der Waals surface area contributed by atoms with Gasteiger partial charge in [-0.15, -0.1) is 0 Å². The van der Waals surface area contributed by atoms with E-state index in [-0.39, 0.29) is 11.7 Å². The molecule has 0 spiro atoms. The zero-order valence-electron chi connectivity index (χ0n) is 16.8. The summed E-state index contributed by atoms with van der Waals surface area (Å²) in [5.74, 6) is -0.553. The molecule has 0 atom stereocenters. The minimum atomic E-state index is -0.435. The second kappa shape index (κ2) is 9.78. The number of carbonyl (C=O) groups excluding carboxylic acids is 2. The third kappa shape index (κ3) is 5.52. The SMILES string of the molecule is O=C(Nc1ccc(Cl)cc1NC(=O)c1ccco1)c1cccc(CN2CCOCC2)c1. The minimum absolute atomic E-state index is 0.160. The van der Waals surface area contributed by atoms with Gasteiger partial charge in [0.25, 0.3) is 11.8 Å². The zero-order chi connectivity index (χ0) is 21.6.